The minimum absolute atomic E-state index is 0.392. The van der Waals surface area contributed by atoms with Crippen LogP contribution >= 0.6 is 0 Å². The van der Waals surface area contributed by atoms with Gasteiger partial charge in [-0.05, 0) is 6.04 Å². The molecular weight excluding hydrogens is 140 g/mol. The summed E-state index contributed by atoms with van der Waals surface area (Å²) in [5, 5.41) is 8.74. The maximum atomic E-state index is 8.74. The van der Waals surface area contributed by atoms with Crippen molar-refractivity contribution < 1.29 is 5.11 Å². The smallest absolute Gasteiger partial charge is 0.0496 e. The van der Waals surface area contributed by atoms with Crippen molar-refractivity contribution in [1.82, 2.24) is 0 Å². The fourth-order valence-electron chi connectivity index (χ4n) is 1.08. The van der Waals surface area contributed by atoms with E-state index in [-0.39, 0.29) is 0 Å². The lowest BCUT2D eigenvalue weighted by Crippen LogP contribution is -2.25. The molecule has 0 amide bonds. The summed E-state index contributed by atoms with van der Waals surface area (Å²) in [5.74, 6) is 0. The first-order valence-electron chi connectivity index (χ1n) is 4.23. The first-order valence-corrected chi connectivity index (χ1v) is 7.64. The van der Waals surface area contributed by atoms with Crippen LogP contribution in [0, 0.1) is 0 Å². The van der Waals surface area contributed by atoms with E-state index >= 15 is 0 Å². The van der Waals surface area contributed by atoms with E-state index in [2.05, 4.69) is 20.0 Å². The summed E-state index contributed by atoms with van der Waals surface area (Å²) in [5.41, 5.74) is 0. The standard InChI is InChI=1S/C8H20OSi/c1-4-5-7-10(2,3)8-6-9/h9H,4-8H2,1-3H3. The summed E-state index contributed by atoms with van der Waals surface area (Å²) in [6.07, 6.45) is 2.64. The van der Waals surface area contributed by atoms with Crippen molar-refractivity contribution in [1.29, 1.82) is 0 Å². The third-order valence-electron chi connectivity index (χ3n) is 2.00. The Morgan fingerprint density at radius 2 is 1.80 bits per heavy atom. The van der Waals surface area contributed by atoms with E-state index in [9.17, 15) is 0 Å². The molecule has 0 fully saturated rings. The molecule has 0 saturated carbocycles. The Labute approximate surface area is 65.5 Å². The van der Waals surface area contributed by atoms with E-state index in [4.69, 9.17) is 5.11 Å². The summed E-state index contributed by atoms with van der Waals surface area (Å²) in [6, 6.07) is 2.46. The van der Waals surface area contributed by atoms with Crippen LogP contribution in [-0.2, 0) is 0 Å². The second kappa shape index (κ2) is 4.91. The molecule has 2 heteroatoms. The Kier molecular flexibility index (Phi) is 5.00. The molecule has 0 aromatic heterocycles. The van der Waals surface area contributed by atoms with Gasteiger partial charge in [0.15, 0.2) is 0 Å². The van der Waals surface area contributed by atoms with Gasteiger partial charge in [0.05, 0.1) is 0 Å². The quantitative estimate of drug-likeness (QED) is 0.613. The highest BCUT2D eigenvalue weighted by Gasteiger charge is 2.17. The Bertz CT molecular complexity index is 81.3. The summed E-state index contributed by atoms with van der Waals surface area (Å²) in [6.45, 7) is 7.34. The third kappa shape index (κ3) is 5.00. The Morgan fingerprint density at radius 3 is 2.20 bits per heavy atom. The number of rotatable bonds is 5. The van der Waals surface area contributed by atoms with Gasteiger partial charge < -0.3 is 5.11 Å². The summed E-state index contributed by atoms with van der Waals surface area (Å²) < 4.78 is 0. The average molecular weight is 160 g/mol. The second-order valence-corrected chi connectivity index (χ2v) is 9.07. The molecule has 0 bridgehead atoms. The van der Waals surface area contributed by atoms with Gasteiger partial charge in [-0.25, -0.2) is 0 Å². The summed E-state index contributed by atoms with van der Waals surface area (Å²) in [7, 11) is -0.974. The molecule has 10 heavy (non-hydrogen) atoms. The molecule has 0 aliphatic heterocycles. The molecule has 0 radical (unpaired) electrons. The lowest BCUT2D eigenvalue weighted by Gasteiger charge is -2.20. The van der Waals surface area contributed by atoms with Crippen molar-refractivity contribution in [3.63, 3.8) is 0 Å². The van der Waals surface area contributed by atoms with Crippen molar-refractivity contribution >= 4 is 8.07 Å². The molecule has 0 spiro atoms. The third-order valence-corrected chi connectivity index (χ3v) is 5.28. The molecule has 0 rings (SSSR count). The lowest BCUT2D eigenvalue weighted by atomic mass is 10.4. The van der Waals surface area contributed by atoms with Crippen LogP contribution in [0.5, 0.6) is 0 Å². The summed E-state index contributed by atoms with van der Waals surface area (Å²) >= 11 is 0. The monoisotopic (exact) mass is 160 g/mol. The molecular formula is C8H20OSi. The van der Waals surface area contributed by atoms with Gasteiger partial charge in [-0.2, -0.15) is 0 Å². The van der Waals surface area contributed by atoms with Gasteiger partial charge in [0.2, 0.25) is 0 Å². The van der Waals surface area contributed by atoms with E-state index in [0.29, 0.717) is 6.61 Å². The van der Waals surface area contributed by atoms with Crippen molar-refractivity contribution in [3.05, 3.63) is 0 Å². The average Bonchev–Trinajstić information content (AvgIpc) is 1.84. The van der Waals surface area contributed by atoms with Crippen LogP contribution in [0.3, 0.4) is 0 Å². The van der Waals surface area contributed by atoms with Crippen LogP contribution in [0.25, 0.3) is 0 Å². The van der Waals surface area contributed by atoms with Crippen LogP contribution in [0.15, 0.2) is 0 Å². The van der Waals surface area contributed by atoms with Gasteiger partial charge in [-0.3, -0.25) is 0 Å². The van der Waals surface area contributed by atoms with E-state index in [1.807, 2.05) is 0 Å². The van der Waals surface area contributed by atoms with Crippen LogP contribution < -0.4 is 0 Å². The van der Waals surface area contributed by atoms with E-state index in [0.717, 1.165) is 6.04 Å². The SMILES string of the molecule is CCCC[Si](C)(C)CCO. The first-order chi connectivity index (χ1) is 4.62. The van der Waals surface area contributed by atoms with Crippen molar-refractivity contribution in [2.24, 2.45) is 0 Å². The summed E-state index contributed by atoms with van der Waals surface area (Å²) in [4.78, 5) is 0. The molecule has 1 nitrogen and oxygen atoms in total. The molecule has 0 heterocycles. The van der Waals surface area contributed by atoms with Gasteiger partial charge in [-0.15, -0.1) is 0 Å². The Morgan fingerprint density at radius 1 is 1.20 bits per heavy atom. The highest BCUT2D eigenvalue weighted by Crippen LogP contribution is 2.17. The molecule has 1 N–H and O–H groups in total. The first kappa shape index (κ1) is 10.2. The number of hydrogen-bond acceptors (Lipinski definition) is 1. The van der Waals surface area contributed by atoms with Crippen LogP contribution in [0.2, 0.25) is 25.2 Å². The highest BCUT2D eigenvalue weighted by molar-refractivity contribution is 6.77. The zero-order valence-electron chi connectivity index (χ0n) is 7.48. The Balaban J connectivity index is 3.42. The molecule has 0 unspecified atom stereocenters. The molecule has 0 saturated heterocycles. The number of aliphatic hydroxyl groups is 1. The maximum absolute atomic E-state index is 8.74. The predicted molar refractivity (Wildman–Crippen MR) is 49.1 cm³/mol. The van der Waals surface area contributed by atoms with E-state index in [1.54, 1.807) is 0 Å². The topological polar surface area (TPSA) is 20.2 Å². The van der Waals surface area contributed by atoms with Gasteiger partial charge >= 0.3 is 0 Å². The van der Waals surface area contributed by atoms with Gasteiger partial charge in [0.25, 0.3) is 0 Å². The minimum atomic E-state index is -0.974. The number of hydrogen-bond donors (Lipinski definition) is 1. The maximum Gasteiger partial charge on any atom is 0.0496 e. The van der Waals surface area contributed by atoms with Crippen LogP contribution in [-0.4, -0.2) is 19.8 Å². The largest absolute Gasteiger partial charge is 0.397 e. The fraction of sp³-hybridized carbons (Fsp3) is 1.00. The van der Waals surface area contributed by atoms with Crippen LogP contribution in [0.1, 0.15) is 19.8 Å². The Hall–Kier alpha value is 0.177. The molecule has 0 atom stereocenters. The number of unbranched alkanes of at least 4 members (excludes halogenated alkanes) is 1. The van der Waals surface area contributed by atoms with Crippen molar-refractivity contribution in [2.45, 2.75) is 44.9 Å². The van der Waals surface area contributed by atoms with Crippen molar-refractivity contribution in [2.75, 3.05) is 6.61 Å². The molecule has 0 aromatic carbocycles. The molecule has 0 aliphatic carbocycles. The van der Waals surface area contributed by atoms with Gasteiger partial charge in [0, 0.05) is 14.7 Å². The lowest BCUT2D eigenvalue weighted by molar-refractivity contribution is 0.316. The van der Waals surface area contributed by atoms with Crippen molar-refractivity contribution in [3.8, 4) is 0 Å². The van der Waals surface area contributed by atoms with E-state index < -0.39 is 8.07 Å². The molecule has 0 aliphatic rings. The minimum Gasteiger partial charge on any atom is -0.397 e. The zero-order valence-corrected chi connectivity index (χ0v) is 8.48. The molecule has 0 aromatic rings. The highest BCUT2D eigenvalue weighted by atomic mass is 28.3. The fourth-order valence-corrected chi connectivity index (χ4v) is 3.25. The van der Waals surface area contributed by atoms with E-state index in [1.165, 1.54) is 18.9 Å². The normalized spacial score (nSPS) is 12.0. The molecule has 62 valence electrons. The predicted octanol–water partition coefficient (Wildman–Crippen LogP) is 2.49. The van der Waals surface area contributed by atoms with Crippen LogP contribution in [0.4, 0.5) is 0 Å². The second-order valence-electron chi connectivity index (χ2n) is 3.74. The van der Waals surface area contributed by atoms with Gasteiger partial charge in [0.1, 0.15) is 0 Å². The number of aliphatic hydroxyl groups excluding tert-OH is 1. The zero-order chi connectivity index (χ0) is 8.04. The van der Waals surface area contributed by atoms with Gasteiger partial charge in [-0.1, -0.05) is 38.9 Å².